The second kappa shape index (κ2) is 3.35. The molecule has 0 saturated carbocycles. The molecule has 0 aliphatic carbocycles. The molecule has 1 atom stereocenters. The van der Waals surface area contributed by atoms with E-state index in [4.69, 9.17) is 0 Å². The monoisotopic (exact) mass is 201 g/mol. The van der Waals surface area contributed by atoms with Gasteiger partial charge in [-0.1, -0.05) is 6.07 Å². The Labute approximate surface area is 89.3 Å². The van der Waals surface area contributed by atoms with E-state index in [9.17, 15) is 0 Å². The van der Waals surface area contributed by atoms with Crippen molar-refractivity contribution in [3.05, 3.63) is 36.3 Å². The topological polar surface area (TPSA) is 20.5 Å². The highest BCUT2D eigenvalue weighted by Gasteiger charge is 2.24. The molecule has 3 rings (SSSR count). The van der Waals surface area contributed by atoms with Crippen molar-refractivity contribution in [3.63, 3.8) is 0 Å². The van der Waals surface area contributed by atoms with Crippen LogP contribution < -0.4 is 0 Å². The molecule has 2 aromatic rings. The van der Waals surface area contributed by atoms with Crippen LogP contribution in [0.5, 0.6) is 0 Å². The van der Waals surface area contributed by atoms with E-state index in [1.807, 2.05) is 12.1 Å². The van der Waals surface area contributed by atoms with Crippen LogP contribution in [0.15, 0.2) is 30.6 Å². The molecule has 1 fully saturated rings. The van der Waals surface area contributed by atoms with Crippen LogP contribution in [0.3, 0.4) is 0 Å². The van der Waals surface area contributed by atoms with Crippen molar-refractivity contribution in [1.29, 1.82) is 0 Å². The predicted octanol–water partition coefficient (Wildman–Crippen LogP) is 2.10. The first-order valence-corrected chi connectivity index (χ1v) is 5.48. The van der Waals surface area contributed by atoms with Crippen molar-refractivity contribution in [2.45, 2.75) is 18.9 Å². The molecular weight excluding hydrogens is 186 g/mol. The van der Waals surface area contributed by atoms with Gasteiger partial charge in [0.15, 0.2) is 0 Å². The maximum absolute atomic E-state index is 4.67. The molecule has 1 aliphatic rings. The first kappa shape index (κ1) is 8.92. The summed E-state index contributed by atoms with van der Waals surface area (Å²) in [6, 6.07) is 6.64. The van der Waals surface area contributed by atoms with Gasteiger partial charge in [0, 0.05) is 12.4 Å². The van der Waals surface area contributed by atoms with Gasteiger partial charge in [0.2, 0.25) is 0 Å². The Morgan fingerprint density at radius 2 is 2.33 bits per heavy atom. The maximum atomic E-state index is 4.67. The van der Waals surface area contributed by atoms with Crippen LogP contribution in [0.25, 0.3) is 5.65 Å². The van der Waals surface area contributed by atoms with Crippen molar-refractivity contribution in [2.75, 3.05) is 13.6 Å². The zero-order chi connectivity index (χ0) is 10.3. The third kappa shape index (κ3) is 1.43. The van der Waals surface area contributed by atoms with Gasteiger partial charge in [0.1, 0.15) is 5.65 Å². The van der Waals surface area contributed by atoms with E-state index in [-0.39, 0.29) is 0 Å². The Kier molecular flexibility index (Phi) is 1.99. The molecular formula is C12H15N3. The Bertz CT molecular complexity index is 441. The summed E-state index contributed by atoms with van der Waals surface area (Å²) in [5.74, 6) is 0. The molecule has 3 nitrogen and oxygen atoms in total. The summed E-state index contributed by atoms with van der Waals surface area (Å²) in [7, 11) is 2.18. The molecule has 0 amide bonds. The van der Waals surface area contributed by atoms with E-state index in [1.165, 1.54) is 25.1 Å². The molecule has 3 heterocycles. The highest BCUT2D eigenvalue weighted by molar-refractivity contribution is 5.40. The molecule has 3 heteroatoms. The number of hydrogen-bond donors (Lipinski definition) is 0. The van der Waals surface area contributed by atoms with Crippen LogP contribution in [-0.2, 0) is 0 Å². The Morgan fingerprint density at radius 3 is 3.07 bits per heavy atom. The molecule has 0 bridgehead atoms. The van der Waals surface area contributed by atoms with Crippen molar-refractivity contribution in [2.24, 2.45) is 0 Å². The second-order valence-electron chi connectivity index (χ2n) is 4.27. The number of imidazole rings is 1. The quantitative estimate of drug-likeness (QED) is 0.704. The molecule has 0 aromatic carbocycles. The van der Waals surface area contributed by atoms with E-state index in [0.29, 0.717) is 6.04 Å². The van der Waals surface area contributed by atoms with Crippen LogP contribution >= 0.6 is 0 Å². The average Bonchev–Trinajstić information content (AvgIpc) is 2.82. The summed E-state index contributed by atoms with van der Waals surface area (Å²) < 4.78 is 2.10. The first-order valence-electron chi connectivity index (χ1n) is 5.48. The van der Waals surface area contributed by atoms with Gasteiger partial charge in [-0.25, -0.2) is 4.98 Å². The number of fused-ring (bicyclic) bond motifs is 1. The zero-order valence-electron chi connectivity index (χ0n) is 8.93. The summed E-state index contributed by atoms with van der Waals surface area (Å²) >= 11 is 0. The molecule has 1 unspecified atom stereocenters. The molecule has 1 aliphatic heterocycles. The molecule has 1 saturated heterocycles. The maximum Gasteiger partial charge on any atom is 0.137 e. The highest BCUT2D eigenvalue weighted by Crippen LogP contribution is 2.29. The first-order chi connectivity index (χ1) is 7.34. The Morgan fingerprint density at radius 1 is 1.40 bits per heavy atom. The lowest BCUT2D eigenvalue weighted by Crippen LogP contribution is -2.17. The smallest absolute Gasteiger partial charge is 0.137 e. The van der Waals surface area contributed by atoms with Gasteiger partial charge < -0.3 is 4.40 Å². The summed E-state index contributed by atoms with van der Waals surface area (Å²) in [6.07, 6.45) is 6.73. The number of rotatable bonds is 1. The molecule has 78 valence electrons. The fourth-order valence-electron chi connectivity index (χ4n) is 2.40. The van der Waals surface area contributed by atoms with Crippen LogP contribution in [0.2, 0.25) is 0 Å². The minimum Gasteiger partial charge on any atom is -0.307 e. The van der Waals surface area contributed by atoms with Gasteiger partial charge in [-0.2, -0.15) is 0 Å². The number of likely N-dealkylation sites (tertiary alicyclic amines) is 1. The number of nitrogens with zero attached hydrogens (tertiary/aromatic N) is 3. The average molecular weight is 201 g/mol. The number of hydrogen-bond acceptors (Lipinski definition) is 2. The van der Waals surface area contributed by atoms with Gasteiger partial charge in [0.05, 0.1) is 11.7 Å². The minimum absolute atomic E-state index is 0.518. The summed E-state index contributed by atoms with van der Waals surface area (Å²) in [5, 5.41) is 0. The number of aromatic nitrogens is 2. The number of pyridine rings is 1. The SMILES string of the molecule is CN1CCCC1c1cn2ccccc2n1. The van der Waals surface area contributed by atoms with Gasteiger partial charge >= 0.3 is 0 Å². The van der Waals surface area contributed by atoms with Crippen LogP contribution in [0.1, 0.15) is 24.6 Å². The van der Waals surface area contributed by atoms with Crippen molar-refractivity contribution in [3.8, 4) is 0 Å². The fraction of sp³-hybridized carbons (Fsp3) is 0.417. The molecule has 2 aromatic heterocycles. The Balaban J connectivity index is 2.04. The Hall–Kier alpha value is -1.35. The van der Waals surface area contributed by atoms with E-state index < -0.39 is 0 Å². The van der Waals surface area contributed by atoms with Gasteiger partial charge in [-0.15, -0.1) is 0 Å². The van der Waals surface area contributed by atoms with E-state index in [0.717, 1.165) is 5.65 Å². The summed E-state index contributed by atoms with van der Waals surface area (Å²) in [5.41, 5.74) is 2.26. The minimum atomic E-state index is 0.518. The van der Waals surface area contributed by atoms with Crippen LogP contribution in [0, 0.1) is 0 Å². The third-order valence-corrected chi connectivity index (χ3v) is 3.24. The lowest BCUT2D eigenvalue weighted by atomic mass is 10.2. The van der Waals surface area contributed by atoms with Crippen molar-refractivity contribution < 1.29 is 0 Å². The molecule has 0 spiro atoms. The fourth-order valence-corrected chi connectivity index (χ4v) is 2.40. The van der Waals surface area contributed by atoms with E-state index >= 15 is 0 Å². The van der Waals surface area contributed by atoms with Crippen molar-refractivity contribution in [1.82, 2.24) is 14.3 Å². The standard InChI is InChI=1S/C12H15N3/c1-14-7-4-5-11(14)10-9-15-8-3-2-6-12(15)13-10/h2-3,6,8-9,11H,4-5,7H2,1H3. The molecule has 0 radical (unpaired) electrons. The predicted molar refractivity (Wildman–Crippen MR) is 59.8 cm³/mol. The van der Waals surface area contributed by atoms with E-state index in [2.05, 4.69) is 39.8 Å². The summed E-state index contributed by atoms with van der Waals surface area (Å²) in [6.45, 7) is 1.19. The third-order valence-electron chi connectivity index (χ3n) is 3.24. The van der Waals surface area contributed by atoms with Gasteiger partial charge in [-0.05, 0) is 38.6 Å². The van der Waals surface area contributed by atoms with Crippen LogP contribution in [-0.4, -0.2) is 27.9 Å². The van der Waals surface area contributed by atoms with Crippen LogP contribution in [0.4, 0.5) is 0 Å². The van der Waals surface area contributed by atoms with Crippen molar-refractivity contribution >= 4 is 5.65 Å². The normalized spacial score (nSPS) is 22.6. The van der Waals surface area contributed by atoms with Gasteiger partial charge in [-0.3, -0.25) is 4.90 Å². The van der Waals surface area contributed by atoms with Gasteiger partial charge in [0.25, 0.3) is 0 Å². The highest BCUT2D eigenvalue weighted by atomic mass is 15.2. The largest absolute Gasteiger partial charge is 0.307 e. The van der Waals surface area contributed by atoms with E-state index in [1.54, 1.807) is 0 Å². The second-order valence-corrected chi connectivity index (χ2v) is 4.27. The zero-order valence-corrected chi connectivity index (χ0v) is 8.93. The molecule has 15 heavy (non-hydrogen) atoms. The summed E-state index contributed by atoms with van der Waals surface area (Å²) in [4.78, 5) is 7.06. The lowest BCUT2D eigenvalue weighted by Gasteiger charge is -2.16. The molecule has 0 N–H and O–H groups in total. The lowest BCUT2D eigenvalue weighted by molar-refractivity contribution is 0.313.